The third-order valence-corrected chi connectivity index (χ3v) is 7.62. The molecular weight excluding hydrogens is 435 g/mol. The van der Waals surface area contributed by atoms with Crippen LogP contribution in [0.1, 0.15) is 32.4 Å². The second kappa shape index (κ2) is 8.66. The van der Waals surface area contributed by atoms with Gasteiger partial charge in [0.15, 0.2) is 22.2 Å². The molecule has 0 radical (unpaired) electrons. The van der Waals surface area contributed by atoms with Crippen LogP contribution in [0.3, 0.4) is 0 Å². The van der Waals surface area contributed by atoms with E-state index in [-0.39, 0.29) is 41.1 Å². The zero-order valence-electron chi connectivity index (χ0n) is 16.6. The van der Waals surface area contributed by atoms with Gasteiger partial charge in [0.2, 0.25) is 0 Å². The summed E-state index contributed by atoms with van der Waals surface area (Å²) in [5.41, 5.74) is 1.26. The molecule has 0 saturated carbocycles. The molecule has 0 aliphatic carbocycles. The van der Waals surface area contributed by atoms with Gasteiger partial charge in [0.05, 0.1) is 21.6 Å². The fourth-order valence-electron chi connectivity index (χ4n) is 3.64. The van der Waals surface area contributed by atoms with Crippen LogP contribution in [0.4, 0.5) is 0 Å². The summed E-state index contributed by atoms with van der Waals surface area (Å²) in [5.74, 6) is 0.129. The maximum atomic E-state index is 13.0. The number of amides is 1. The van der Waals surface area contributed by atoms with Crippen LogP contribution in [0.5, 0.6) is 5.75 Å². The summed E-state index contributed by atoms with van der Waals surface area (Å²) in [4.78, 5) is 19.1. The Morgan fingerprint density at radius 3 is 2.69 bits per heavy atom. The molecule has 2 heterocycles. The third kappa shape index (κ3) is 4.78. The van der Waals surface area contributed by atoms with Crippen molar-refractivity contribution in [1.29, 1.82) is 0 Å². The molecule has 1 aliphatic heterocycles. The first-order valence-corrected chi connectivity index (χ1v) is 12.1. The quantitative estimate of drug-likeness (QED) is 0.652. The molecule has 1 amide bonds. The molecule has 0 unspecified atom stereocenters. The van der Waals surface area contributed by atoms with Gasteiger partial charge in [0.1, 0.15) is 5.52 Å². The first-order valence-electron chi connectivity index (χ1n) is 9.52. The van der Waals surface area contributed by atoms with Gasteiger partial charge in [-0.3, -0.25) is 4.79 Å². The number of carbonyl (C=O) groups is 1. The molecule has 1 fully saturated rings. The minimum Gasteiger partial charge on any atom is -0.480 e. The van der Waals surface area contributed by atoms with Gasteiger partial charge in [-0.15, -0.1) is 0 Å². The van der Waals surface area contributed by atoms with Crippen LogP contribution < -0.4 is 4.74 Å². The number of sulfone groups is 1. The van der Waals surface area contributed by atoms with Crippen LogP contribution >= 0.6 is 23.2 Å². The lowest BCUT2D eigenvalue weighted by molar-refractivity contribution is -0.137. The molecule has 0 spiro atoms. The summed E-state index contributed by atoms with van der Waals surface area (Å²) in [6.45, 7) is 5.46. The average Bonchev–Trinajstić information content (AvgIpc) is 3.00. The Morgan fingerprint density at radius 1 is 1.34 bits per heavy atom. The number of ether oxygens (including phenoxy) is 1. The molecule has 1 aromatic heterocycles. The maximum Gasteiger partial charge on any atom is 0.261 e. The van der Waals surface area contributed by atoms with Crippen molar-refractivity contribution in [3.8, 4) is 5.75 Å². The van der Waals surface area contributed by atoms with E-state index in [0.29, 0.717) is 34.5 Å². The maximum absolute atomic E-state index is 13.0. The van der Waals surface area contributed by atoms with Crippen molar-refractivity contribution in [2.45, 2.75) is 45.7 Å². The normalized spacial score (nSPS) is 19.3. The van der Waals surface area contributed by atoms with E-state index >= 15 is 0 Å². The molecule has 9 heteroatoms. The number of benzene rings is 1. The summed E-state index contributed by atoms with van der Waals surface area (Å²) >= 11 is 12.6. The Hall–Kier alpha value is -1.57. The standard InChI is InChI=1S/C20H24Cl2N2O4S/c1-4-13(3)24(14-7-8-29(26,27)11-14)18(25)10-28-20-17(22)9-16(21)15-6-5-12(2)23-19(15)20/h5-6,9,13-14H,4,7-8,10-11H2,1-3H3/t13-,14+/m0/s1. The fraction of sp³-hybridized carbons (Fsp3) is 0.500. The van der Waals surface area contributed by atoms with Crippen LogP contribution in [-0.2, 0) is 14.6 Å². The van der Waals surface area contributed by atoms with Gasteiger partial charge < -0.3 is 9.64 Å². The van der Waals surface area contributed by atoms with E-state index in [1.165, 1.54) is 0 Å². The van der Waals surface area contributed by atoms with E-state index in [9.17, 15) is 13.2 Å². The molecule has 0 bridgehead atoms. The first kappa shape index (κ1) is 22.1. The molecule has 6 nitrogen and oxygen atoms in total. The van der Waals surface area contributed by atoms with E-state index in [1.54, 1.807) is 11.0 Å². The van der Waals surface area contributed by atoms with E-state index in [4.69, 9.17) is 27.9 Å². The van der Waals surface area contributed by atoms with Crippen LogP contribution in [0.15, 0.2) is 18.2 Å². The second-order valence-electron chi connectivity index (χ2n) is 7.42. The largest absolute Gasteiger partial charge is 0.480 e. The lowest BCUT2D eigenvalue weighted by Gasteiger charge is -2.33. The average molecular weight is 459 g/mol. The number of hydrogen-bond donors (Lipinski definition) is 0. The summed E-state index contributed by atoms with van der Waals surface area (Å²) in [6.07, 6.45) is 1.16. The first-order chi connectivity index (χ1) is 13.6. The van der Waals surface area contributed by atoms with Gasteiger partial charge in [0.25, 0.3) is 5.91 Å². The molecule has 2 aromatic rings. The van der Waals surface area contributed by atoms with E-state index in [1.807, 2.05) is 32.9 Å². The number of aryl methyl sites for hydroxylation is 1. The summed E-state index contributed by atoms with van der Waals surface area (Å²) < 4.78 is 29.6. The van der Waals surface area contributed by atoms with Crippen LogP contribution in [0.2, 0.25) is 10.0 Å². The Morgan fingerprint density at radius 2 is 2.07 bits per heavy atom. The van der Waals surface area contributed by atoms with Crippen molar-refractivity contribution < 1.29 is 17.9 Å². The van der Waals surface area contributed by atoms with Crippen molar-refractivity contribution in [2.24, 2.45) is 0 Å². The van der Waals surface area contributed by atoms with Crippen molar-refractivity contribution in [3.63, 3.8) is 0 Å². The topological polar surface area (TPSA) is 76.6 Å². The molecule has 3 rings (SSSR count). The zero-order chi connectivity index (χ0) is 21.3. The minimum absolute atomic E-state index is 0.00549. The SMILES string of the molecule is CC[C@H](C)N(C(=O)COc1c(Cl)cc(Cl)c2ccc(C)nc12)[C@@H]1CCS(=O)(=O)C1. The van der Waals surface area contributed by atoms with E-state index in [2.05, 4.69) is 4.98 Å². The van der Waals surface area contributed by atoms with Gasteiger partial charge in [-0.2, -0.15) is 0 Å². The fourth-order valence-corrected chi connectivity index (χ4v) is 5.92. The highest BCUT2D eigenvalue weighted by Gasteiger charge is 2.36. The number of nitrogens with zero attached hydrogens (tertiary/aromatic N) is 2. The predicted octanol–water partition coefficient (Wildman–Crippen LogP) is 4.04. The number of halogens is 2. The van der Waals surface area contributed by atoms with Gasteiger partial charge in [0, 0.05) is 23.2 Å². The monoisotopic (exact) mass is 458 g/mol. The predicted molar refractivity (Wildman–Crippen MR) is 116 cm³/mol. The summed E-state index contributed by atoms with van der Waals surface area (Å²) in [7, 11) is -3.11. The Kier molecular flexibility index (Phi) is 6.61. The number of rotatable bonds is 6. The second-order valence-corrected chi connectivity index (χ2v) is 10.5. The highest BCUT2D eigenvalue weighted by molar-refractivity contribution is 7.91. The van der Waals surface area contributed by atoms with Crippen LogP contribution in [0, 0.1) is 6.92 Å². The van der Waals surface area contributed by atoms with Crippen molar-refractivity contribution in [3.05, 3.63) is 33.9 Å². The zero-order valence-corrected chi connectivity index (χ0v) is 18.9. The van der Waals surface area contributed by atoms with Gasteiger partial charge in [-0.1, -0.05) is 30.1 Å². The summed E-state index contributed by atoms with van der Waals surface area (Å²) in [5, 5.41) is 1.41. The van der Waals surface area contributed by atoms with E-state index in [0.717, 1.165) is 5.69 Å². The number of pyridine rings is 1. The molecule has 29 heavy (non-hydrogen) atoms. The Bertz CT molecular complexity index is 1040. The van der Waals surface area contributed by atoms with Crippen LogP contribution in [0.25, 0.3) is 10.9 Å². The lowest BCUT2D eigenvalue weighted by atomic mass is 10.1. The number of carbonyl (C=O) groups excluding carboxylic acids is 1. The summed E-state index contributed by atoms with van der Waals surface area (Å²) in [6, 6.07) is 4.81. The van der Waals surface area contributed by atoms with Gasteiger partial charge >= 0.3 is 0 Å². The number of hydrogen-bond acceptors (Lipinski definition) is 5. The minimum atomic E-state index is -3.11. The smallest absolute Gasteiger partial charge is 0.261 e. The van der Waals surface area contributed by atoms with Gasteiger partial charge in [-0.05, 0) is 44.9 Å². The molecular formula is C20H24Cl2N2O4S. The molecule has 158 valence electrons. The Labute approximate surface area is 181 Å². The van der Waals surface area contributed by atoms with Gasteiger partial charge in [-0.25, -0.2) is 13.4 Å². The number of fused-ring (bicyclic) bond motifs is 1. The van der Waals surface area contributed by atoms with Crippen molar-refractivity contribution >= 4 is 49.8 Å². The van der Waals surface area contributed by atoms with Crippen molar-refractivity contribution in [1.82, 2.24) is 9.88 Å². The molecule has 1 aliphatic rings. The highest BCUT2D eigenvalue weighted by Crippen LogP contribution is 2.37. The molecule has 1 saturated heterocycles. The molecule has 1 aromatic carbocycles. The van der Waals surface area contributed by atoms with Crippen molar-refractivity contribution in [2.75, 3.05) is 18.1 Å². The molecule has 2 atom stereocenters. The van der Waals surface area contributed by atoms with E-state index < -0.39 is 9.84 Å². The highest BCUT2D eigenvalue weighted by atomic mass is 35.5. The Balaban J connectivity index is 1.86. The van der Waals surface area contributed by atoms with Crippen LogP contribution in [-0.4, -0.2) is 54.4 Å². The number of aromatic nitrogens is 1. The lowest BCUT2D eigenvalue weighted by Crippen LogP contribution is -2.48. The third-order valence-electron chi connectivity index (χ3n) is 5.27. The molecule has 0 N–H and O–H groups in total.